The molecule has 3 nitrogen and oxygen atoms in total. The third kappa shape index (κ3) is 2.82. The van der Waals surface area contributed by atoms with Crippen molar-refractivity contribution >= 4 is 15.6 Å². The zero-order valence-electron chi connectivity index (χ0n) is 14.7. The van der Waals surface area contributed by atoms with Gasteiger partial charge in [-0.15, -0.1) is 0 Å². The Morgan fingerprint density at radius 2 is 1.35 bits per heavy atom. The van der Waals surface area contributed by atoms with E-state index >= 15 is 0 Å². The minimum absolute atomic E-state index is 0.260. The molecule has 0 fully saturated rings. The van der Waals surface area contributed by atoms with Crippen molar-refractivity contribution in [2.24, 2.45) is 0 Å². The second kappa shape index (κ2) is 6.15. The first-order valence-corrected chi connectivity index (χ1v) is 9.94. The summed E-state index contributed by atoms with van der Waals surface area (Å²) in [6.07, 6.45) is 1.61. The van der Waals surface area contributed by atoms with E-state index in [0.717, 1.165) is 33.4 Å². The Hall–Kier alpha value is -2.85. The minimum Gasteiger partial charge on any atom is -0.286 e. The summed E-state index contributed by atoms with van der Waals surface area (Å²) in [5.74, 6) is 0. The maximum atomic E-state index is 12.6. The lowest BCUT2D eigenvalue weighted by Gasteiger charge is -2.07. The van der Waals surface area contributed by atoms with Gasteiger partial charge in [0.05, 0.1) is 4.90 Å². The molecule has 0 saturated heterocycles. The lowest BCUT2D eigenvalue weighted by Crippen LogP contribution is -2.18. The Morgan fingerprint density at radius 3 is 2.08 bits per heavy atom. The van der Waals surface area contributed by atoms with E-state index in [4.69, 9.17) is 0 Å². The Labute approximate surface area is 154 Å². The molecule has 130 valence electrons. The van der Waals surface area contributed by atoms with E-state index < -0.39 is 10.0 Å². The van der Waals surface area contributed by atoms with Crippen LogP contribution >= 0.6 is 0 Å². The van der Waals surface area contributed by atoms with E-state index in [1.165, 1.54) is 5.56 Å². The van der Waals surface area contributed by atoms with Crippen LogP contribution in [0.25, 0.3) is 16.7 Å². The molecule has 26 heavy (non-hydrogen) atoms. The smallest absolute Gasteiger partial charge is 0.261 e. The van der Waals surface area contributed by atoms with E-state index in [1.54, 1.807) is 30.5 Å². The number of benzene rings is 3. The van der Waals surface area contributed by atoms with Gasteiger partial charge < -0.3 is 0 Å². The summed E-state index contributed by atoms with van der Waals surface area (Å²) in [5, 5.41) is 0. The highest BCUT2D eigenvalue weighted by molar-refractivity contribution is 7.89. The molecule has 0 radical (unpaired) electrons. The second-order valence-electron chi connectivity index (χ2n) is 6.59. The standard InChI is InChI=1S/C22H19NO2S/c1-15-7-10-17(11-8-15)26(24,25)23-14-22-19-6-4-3-5-18(19)21-13-16(2)9-12-20(21)22/h3-14,23H,1-2H3. The van der Waals surface area contributed by atoms with Crippen LogP contribution in [-0.4, -0.2) is 8.42 Å². The third-order valence-electron chi connectivity index (χ3n) is 4.66. The van der Waals surface area contributed by atoms with Crippen LogP contribution in [-0.2, 0) is 10.0 Å². The first-order valence-electron chi connectivity index (χ1n) is 8.46. The molecule has 0 amide bonds. The lowest BCUT2D eigenvalue weighted by atomic mass is 10.0. The fraction of sp³-hybridized carbons (Fsp3) is 0.0909. The van der Waals surface area contributed by atoms with Crippen LogP contribution in [0.3, 0.4) is 0 Å². The molecule has 0 aromatic heterocycles. The highest BCUT2D eigenvalue weighted by Crippen LogP contribution is 2.44. The Morgan fingerprint density at radius 1 is 0.731 bits per heavy atom. The number of fused-ring (bicyclic) bond motifs is 3. The fourth-order valence-electron chi connectivity index (χ4n) is 3.29. The number of nitrogens with one attached hydrogen (secondary N) is 1. The van der Waals surface area contributed by atoms with E-state index in [9.17, 15) is 8.42 Å². The summed E-state index contributed by atoms with van der Waals surface area (Å²) in [6, 6.07) is 21.2. The van der Waals surface area contributed by atoms with E-state index in [1.807, 2.05) is 31.2 Å². The first kappa shape index (κ1) is 16.6. The summed E-state index contributed by atoms with van der Waals surface area (Å²) in [6.45, 7) is 3.99. The number of hydrogen-bond donors (Lipinski definition) is 1. The molecule has 4 heteroatoms. The van der Waals surface area contributed by atoms with Gasteiger partial charge in [0.2, 0.25) is 0 Å². The Bertz CT molecular complexity index is 1130. The van der Waals surface area contributed by atoms with Gasteiger partial charge in [0.15, 0.2) is 0 Å². The molecule has 0 heterocycles. The molecule has 1 aliphatic carbocycles. The number of sulfonamides is 1. The van der Waals surface area contributed by atoms with Crippen molar-refractivity contribution in [3.8, 4) is 11.1 Å². The predicted molar refractivity (Wildman–Crippen MR) is 105 cm³/mol. The normalized spacial score (nSPS) is 14.2. The predicted octanol–water partition coefficient (Wildman–Crippen LogP) is 4.65. The van der Waals surface area contributed by atoms with Crippen LogP contribution in [0.1, 0.15) is 22.3 Å². The number of aryl methyl sites for hydroxylation is 2. The van der Waals surface area contributed by atoms with Crippen LogP contribution in [0.15, 0.2) is 77.8 Å². The van der Waals surface area contributed by atoms with Gasteiger partial charge in [-0.1, -0.05) is 65.7 Å². The molecular formula is C22H19NO2S. The molecule has 4 rings (SSSR count). The largest absolute Gasteiger partial charge is 0.286 e. The summed E-state index contributed by atoms with van der Waals surface area (Å²) < 4.78 is 27.9. The van der Waals surface area contributed by atoms with E-state index in [0.29, 0.717) is 0 Å². The molecule has 0 aliphatic heterocycles. The highest BCUT2D eigenvalue weighted by atomic mass is 32.2. The van der Waals surface area contributed by atoms with Gasteiger partial charge in [-0.25, -0.2) is 8.42 Å². The van der Waals surface area contributed by atoms with Gasteiger partial charge in [0, 0.05) is 11.8 Å². The zero-order chi connectivity index (χ0) is 18.3. The van der Waals surface area contributed by atoms with Crippen LogP contribution in [0, 0.1) is 13.8 Å². The van der Waals surface area contributed by atoms with Crippen LogP contribution in [0.5, 0.6) is 0 Å². The molecule has 0 spiro atoms. The Balaban J connectivity index is 1.77. The maximum Gasteiger partial charge on any atom is 0.261 e. The molecule has 3 aromatic carbocycles. The molecule has 0 atom stereocenters. The quantitative estimate of drug-likeness (QED) is 0.577. The second-order valence-corrected chi connectivity index (χ2v) is 8.30. The average Bonchev–Trinajstić information content (AvgIpc) is 2.94. The molecule has 1 N–H and O–H groups in total. The zero-order valence-corrected chi connectivity index (χ0v) is 15.5. The van der Waals surface area contributed by atoms with Crippen molar-refractivity contribution in [3.05, 3.63) is 95.2 Å². The van der Waals surface area contributed by atoms with Crippen LogP contribution in [0.2, 0.25) is 0 Å². The van der Waals surface area contributed by atoms with Gasteiger partial charge in [0.25, 0.3) is 10.0 Å². The molecule has 0 bridgehead atoms. The summed E-state index contributed by atoms with van der Waals surface area (Å²) in [5.41, 5.74) is 7.46. The summed E-state index contributed by atoms with van der Waals surface area (Å²) in [7, 11) is -3.60. The maximum absolute atomic E-state index is 12.6. The molecule has 1 aliphatic rings. The van der Waals surface area contributed by atoms with Crippen molar-refractivity contribution < 1.29 is 8.42 Å². The van der Waals surface area contributed by atoms with E-state index in [-0.39, 0.29) is 4.90 Å². The third-order valence-corrected chi connectivity index (χ3v) is 5.98. The number of hydrogen-bond acceptors (Lipinski definition) is 2. The van der Waals surface area contributed by atoms with Gasteiger partial charge in [-0.05, 0) is 48.2 Å². The van der Waals surface area contributed by atoms with Crippen LogP contribution < -0.4 is 4.72 Å². The van der Waals surface area contributed by atoms with Gasteiger partial charge >= 0.3 is 0 Å². The highest BCUT2D eigenvalue weighted by Gasteiger charge is 2.23. The van der Waals surface area contributed by atoms with Crippen LogP contribution in [0.4, 0.5) is 0 Å². The van der Waals surface area contributed by atoms with Crippen molar-refractivity contribution in [3.63, 3.8) is 0 Å². The monoisotopic (exact) mass is 361 g/mol. The topological polar surface area (TPSA) is 46.2 Å². The average molecular weight is 361 g/mol. The molecule has 0 unspecified atom stereocenters. The summed E-state index contributed by atoms with van der Waals surface area (Å²) in [4.78, 5) is 0.260. The van der Waals surface area contributed by atoms with E-state index in [2.05, 4.69) is 29.8 Å². The van der Waals surface area contributed by atoms with Crippen molar-refractivity contribution in [2.75, 3.05) is 0 Å². The fourth-order valence-corrected chi connectivity index (χ4v) is 4.19. The number of rotatable bonds is 3. The molecule has 0 saturated carbocycles. The first-order chi connectivity index (χ1) is 12.5. The SMILES string of the molecule is Cc1ccc(S(=O)(=O)NC=C2c3ccccc3-c3cc(C)ccc32)cc1. The molecular weight excluding hydrogens is 342 g/mol. The minimum atomic E-state index is -3.60. The lowest BCUT2D eigenvalue weighted by molar-refractivity contribution is 0.590. The summed E-state index contributed by atoms with van der Waals surface area (Å²) >= 11 is 0. The van der Waals surface area contributed by atoms with Gasteiger partial charge in [-0.3, -0.25) is 4.72 Å². The van der Waals surface area contributed by atoms with Crippen molar-refractivity contribution in [1.29, 1.82) is 0 Å². The van der Waals surface area contributed by atoms with Gasteiger partial charge in [-0.2, -0.15) is 0 Å². The van der Waals surface area contributed by atoms with Crippen molar-refractivity contribution in [2.45, 2.75) is 18.7 Å². The molecule has 3 aromatic rings. The van der Waals surface area contributed by atoms with Gasteiger partial charge in [0.1, 0.15) is 0 Å². The van der Waals surface area contributed by atoms with Crippen molar-refractivity contribution in [1.82, 2.24) is 4.72 Å². The Kier molecular flexibility index (Phi) is 3.93.